The number of methoxy groups -OCH3 is 1. The predicted octanol–water partition coefficient (Wildman–Crippen LogP) is 3.43. The molecule has 0 amide bonds. The van der Waals surface area contributed by atoms with E-state index in [1.165, 1.54) is 6.33 Å². The smallest absolute Gasteiger partial charge is 0.157 e. The molecular formula is C16H17BrN5O2P. The molecule has 0 bridgehead atoms. The molecule has 0 radical (unpaired) electrons. The molecule has 3 rings (SSSR count). The average Bonchev–Trinajstić information content (AvgIpc) is 3.05. The standard InChI is InChI=1S/C16H17BrN5O2P/c1-24-12-7-20-22(9-12)11-4-5-14(15(6-11)25(2,3)23)21-16-13(17)8-18-10-19-16/h4-10H,1-3H3,(H,18,19,21). The Hall–Kier alpha value is -2.18. The summed E-state index contributed by atoms with van der Waals surface area (Å²) in [5.74, 6) is 1.27. The van der Waals surface area contributed by atoms with Crippen LogP contribution in [0.5, 0.6) is 5.75 Å². The van der Waals surface area contributed by atoms with Crippen molar-refractivity contribution in [1.82, 2.24) is 19.7 Å². The molecule has 0 aliphatic carbocycles. The number of hydrogen-bond donors (Lipinski definition) is 1. The highest BCUT2D eigenvalue weighted by Crippen LogP contribution is 2.39. The minimum absolute atomic E-state index is 0.609. The molecule has 0 fully saturated rings. The number of rotatable bonds is 5. The second-order valence-electron chi connectivity index (χ2n) is 5.72. The topological polar surface area (TPSA) is 81.9 Å². The lowest BCUT2D eigenvalue weighted by molar-refractivity contribution is 0.414. The number of benzene rings is 1. The largest absolute Gasteiger partial charge is 0.493 e. The fourth-order valence-electron chi connectivity index (χ4n) is 2.30. The summed E-state index contributed by atoms with van der Waals surface area (Å²) >= 11 is 3.41. The highest BCUT2D eigenvalue weighted by Gasteiger charge is 2.19. The van der Waals surface area contributed by atoms with Crippen molar-refractivity contribution >= 4 is 39.9 Å². The number of ether oxygens (including phenoxy) is 1. The zero-order valence-corrected chi connectivity index (χ0v) is 16.5. The van der Waals surface area contributed by atoms with E-state index in [2.05, 4.69) is 36.3 Å². The average molecular weight is 422 g/mol. The van der Waals surface area contributed by atoms with E-state index in [9.17, 15) is 4.57 Å². The van der Waals surface area contributed by atoms with Crippen molar-refractivity contribution in [3.63, 3.8) is 0 Å². The van der Waals surface area contributed by atoms with Crippen LogP contribution in [0, 0.1) is 0 Å². The predicted molar refractivity (Wildman–Crippen MR) is 102 cm³/mol. The Labute approximate surface area is 154 Å². The van der Waals surface area contributed by atoms with Gasteiger partial charge in [-0.25, -0.2) is 14.6 Å². The van der Waals surface area contributed by atoms with Gasteiger partial charge in [-0.15, -0.1) is 0 Å². The van der Waals surface area contributed by atoms with Gasteiger partial charge in [-0.3, -0.25) is 0 Å². The molecule has 2 heterocycles. The van der Waals surface area contributed by atoms with Crippen molar-refractivity contribution in [2.24, 2.45) is 0 Å². The molecule has 25 heavy (non-hydrogen) atoms. The summed E-state index contributed by atoms with van der Waals surface area (Å²) in [6, 6.07) is 5.63. The van der Waals surface area contributed by atoms with E-state index in [4.69, 9.17) is 4.74 Å². The van der Waals surface area contributed by atoms with E-state index >= 15 is 0 Å². The van der Waals surface area contributed by atoms with Crippen LogP contribution in [0.25, 0.3) is 5.69 Å². The van der Waals surface area contributed by atoms with Crippen LogP contribution in [-0.4, -0.2) is 40.2 Å². The number of nitrogens with one attached hydrogen (secondary N) is 1. The lowest BCUT2D eigenvalue weighted by Crippen LogP contribution is -2.12. The van der Waals surface area contributed by atoms with Gasteiger partial charge in [-0.05, 0) is 47.5 Å². The van der Waals surface area contributed by atoms with Crippen LogP contribution in [0.15, 0.2) is 47.6 Å². The van der Waals surface area contributed by atoms with Crippen LogP contribution in [-0.2, 0) is 4.57 Å². The van der Waals surface area contributed by atoms with Gasteiger partial charge in [0.2, 0.25) is 0 Å². The van der Waals surface area contributed by atoms with Crippen molar-refractivity contribution in [3.8, 4) is 11.4 Å². The molecule has 0 spiro atoms. The van der Waals surface area contributed by atoms with Crippen molar-refractivity contribution in [3.05, 3.63) is 47.6 Å². The maximum absolute atomic E-state index is 12.8. The first-order chi connectivity index (χ1) is 11.9. The number of aromatic nitrogens is 4. The third kappa shape index (κ3) is 3.91. The summed E-state index contributed by atoms with van der Waals surface area (Å²) in [5.41, 5.74) is 1.53. The maximum atomic E-state index is 12.8. The zero-order valence-electron chi connectivity index (χ0n) is 14.0. The lowest BCUT2D eigenvalue weighted by Gasteiger charge is -2.17. The molecule has 0 aliphatic heterocycles. The monoisotopic (exact) mass is 421 g/mol. The molecule has 130 valence electrons. The highest BCUT2D eigenvalue weighted by atomic mass is 79.9. The van der Waals surface area contributed by atoms with Gasteiger partial charge in [0, 0.05) is 11.5 Å². The van der Waals surface area contributed by atoms with Crippen molar-refractivity contribution in [2.75, 3.05) is 25.8 Å². The molecule has 0 aliphatic rings. The molecule has 0 saturated heterocycles. The fraction of sp³-hybridized carbons (Fsp3) is 0.188. The Bertz CT molecular complexity index is 953. The summed E-state index contributed by atoms with van der Waals surface area (Å²) < 4.78 is 20.4. The number of anilines is 2. The third-order valence-corrected chi connectivity index (χ3v) is 5.65. The molecule has 0 unspecified atom stereocenters. The number of nitrogens with zero attached hydrogens (tertiary/aromatic N) is 4. The minimum atomic E-state index is -2.55. The van der Waals surface area contributed by atoms with Gasteiger partial charge < -0.3 is 14.6 Å². The van der Waals surface area contributed by atoms with Gasteiger partial charge in [0.25, 0.3) is 0 Å². The van der Waals surface area contributed by atoms with Gasteiger partial charge in [0.1, 0.15) is 19.3 Å². The number of halogens is 1. The van der Waals surface area contributed by atoms with Crippen LogP contribution in [0.2, 0.25) is 0 Å². The molecule has 2 aromatic heterocycles. The van der Waals surface area contributed by atoms with Gasteiger partial charge in [0.15, 0.2) is 5.75 Å². The second kappa shape index (κ2) is 6.98. The minimum Gasteiger partial charge on any atom is -0.493 e. The van der Waals surface area contributed by atoms with Gasteiger partial charge >= 0.3 is 0 Å². The molecule has 0 atom stereocenters. The summed E-state index contributed by atoms with van der Waals surface area (Å²) in [5, 5.41) is 8.19. The quantitative estimate of drug-likeness (QED) is 0.635. The van der Waals surface area contributed by atoms with E-state index in [0.717, 1.165) is 15.8 Å². The van der Waals surface area contributed by atoms with E-state index in [0.29, 0.717) is 16.9 Å². The molecule has 9 heteroatoms. The van der Waals surface area contributed by atoms with E-state index in [1.54, 1.807) is 43.7 Å². The van der Waals surface area contributed by atoms with Crippen LogP contribution in [0.3, 0.4) is 0 Å². The summed E-state index contributed by atoms with van der Waals surface area (Å²) in [6.07, 6.45) is 6.50. The molecule has 0 saturated carbocycles. The van der Waals surface area contributed by atoms with E-state index in [-0.39, 0.29) is 0 Å². The second-order valence-corrected chi connectivity index (χ2v) is 9.76. The van der Waals surface area contributed by atoms with Gasteiger partial charge in [-0.2, -0.15) is 5.10 Å². The van der Waals surface area contributed by atoms with Crippen molar-refractivity contribution < 1.29 is 9.30 Å². The Morgan fingerprint density at radius 3 is 2.72 bits per heavy atom. The fourth-order valence-corrected chi connectivity index (χ4v) is 3.77. The molecule has 1 aromatic carbocycles. The molecule has 3 aromatic rings. The van der Waals surface area contributed by atoms with E-state index < -0.39 is 7.14 Å². The van der Waals surface area contributed by atoms with Crippen LogP contribution in [0.4, 0.5) is 11.5 Å². The number of hydrogen-bond acceptors (Lipinski definition) is 6. The zero-order chi connectivity index (χ0) is 18.0. The van der Waals surface area contributed by atoms with Gasteiger partial charge in [-0.1, -0.05) is 0 Å². The SMILES string of the molecule is COc1cnn(-c2ccc(Nc3ncncc3Br)c(P(C)(C)=O)c2)c1. The van der Waals surface area contributed by atoms with Crippen LogP contribution in [0.1, 0.15) is 0 Å². The van der Waals surface area contributed by atoms with E-state index in [1.807, 2.05) is 18.2 Å². The third-order valence-electron chi connectivity index (χ3n) is 3.54. The summed E-state index contributed by atoms with van der Waals surface area (Å²) in [6.45, 7) is 3.46. The maximum Gasteiger partial charge on any atom is 0.157 e. The van der Waals surface area contributed by atoms with Crippen molar-refractivity contribution in [1.29, 1.82) is 0 Å². The van der Waals surface area contributed by atoms with Crippen LogP contribution < -0.4 is 15.4 Å². The van der Waals surface area contributed by atoms with Crippen molar-refractivity contribution in [2.45, 2.75) is 0 Å². The molecule has 1 N–H and O–H groups in total. The molecule has 7 nitrogen and oxygen atoms in total. The first-order valence-electron chi connectivity index (χ1n) is 7.39. The Balaban J connectivity index is 2.04. The Morgan fingerprint density at radius 2 is 2.08 bits per heavy atom. The Morgan fingerprint density at radius 1 is 1.28 bits per heavy atom. The summed E-state index contributed by atoms with van der Waals surface area (Å²) in [4.78, 5) is 8.14. The van der Waals surface area contributed by atoms with Gasteiger partial charge in [0.05, 0.1) is 35.4 Å². The lowest BCUT2D eigenvalue weighted by atomic mass is 10.2. The first kappa shape index (κ1) is 17.6. The Kier molecular flexibility index (Phi) is 4.92. The molecular weight excluding hydrogens is 405 g/mol. The normalized spacial score (nSPS) is 11.4. The summed E-state index contributed by atoms with van der Waals surface area (Å²) in [7, 11) is -0.960. The van der Waals surface area contributed by atoms with Crippen LogP contribution >= 0.6 is 23.1 Å². The first-order valence-corrected chi connectivity index (χ1v) is 10.8. The highest BCUT2D eigenvalue weighted by molar-refractivity contribution is 9.10.